The van der Waals surface area contributed by atoms with Gasteiger partial charge in [-0.25, -0.2) is 9.97 Å². The van der Waals surface area contributed by atoms with Gasteiger partial charge in [-0.3, -0.25) is 0 Å². The summed E-state index contributed by atoms with van der Waals surface area (Å²) in [5.74, 6) is 5.00. The molecule has 2 bridgehead atoms. The maximum atomic E-state index is 4.23. The fourth-order valence-electron chi connectivity index (χ4n) is 4.07. The van der Waals surface area contributed by atoms with Crippen molar-refractivity contribution in [3.05, 3.63) is 18.6 Å². The molecule has 3 heteroatoms. The fourth-order valence-corrected chi connectivity index (χ4v) is 4.07. The average Bonchev–Trinajstić information content (AvgIpc) is 2.71. The highest BCUT2D eigenvalue weighted by Crippen LogP contribution is 2.66. The number of rotatable bonds is 2. The van der Waals surface area contributed by atoms with Gasteiger partial charge in [0.25, 0.3) is 0 Å². The molecule has 4 rings (SSSR count). The smallest absolute Gasteiger partial charge is 0.129 e. The summed E-state index contributed by atoms with van der Waals surface area (Å²) in [6, 6.07) is 2.70. The largest absolute Gasteiger partial charge is 0.367 e. The van der Waals surface area contributed by atoms with Gasteiger partial charge in [0.05, 0.1) is 0 Å². The summed E-state index contributed by atoms with van der Waals surface area (Å²) in [5, 5.41) is 3.57. The molecule has 0 aliphatic heterocycles. The molecule has 1 aromatic heterocycles. The fraction of sp³-hybridized carbons (Fsp3) is 0.667. The van der Waals surface area contributed by atoms with Crippen molar-refractivity contribution in [1.82, 2.24) is 9.97 Å². The van der Waals surface area contributed by atoms with E-state index in [-0.39, 0.29) is 0 Å². The van der Waals surface area contributed by atoms with E-state index in [1.807, 2.05) is 12.3 Å². The summed E-state index contributed by atoms with van der Waals surface area (Å²) in [5.41, 5.74) is 0. The third-order valence-electron chi connectivity index (χ3n) is 4.63. The third kappa shape index (κ3) is 1.06. The van der Waals surface area contributed by atoms with Crippen LogP contribution in [0.15, 0.2) is 18.6 Å². The van der Waals surface area contributed by atoms with Gasteiger partial charge in [0.15, 0.2) is 0 Å². The van der Waals surface area contributed by atoms with E-state index in [1.165, 1.54) is 19.3 Å². The number of fused-ring (bicyclic) bond motifs is 5. The lowest BCUT2D eigenvalue weighted by Crippen LogP contribution is -2.13. The van der Waals surface area contributed by atoms with Crippen LogP contribution in [0, 0.1) is 23.7 Å². The van der Waals surface area contributed by atoms with E-state index in [4.69, 9.17) is 0 Å². The highest BCUT2D eigenvalue weighted by atomic mass is 15.1. The monoisotopic (exact) mass is 201 g/mol. The van der Waals surface area contributed by atoms with E-state index in [2.05, 4.69) is 15.3 Å². The lowest BCUT2D eigenvalue weighted by Gasteiger charge is -2.10. The summed E-state index contributed by atoms with van der Waals surface area (Å²) >= 11 is 0. The number of nitrogens with one attached hydrogen (secondary N) is 1. The summed E-state index contributed by atoms with van der Waals surface area (Å²) in [6.45, 7) is 0. The van der Waals surface area contributed by atoms with Gasteiger partial charge in [-0.15, -0.1) is 0 Å². The Morgan fingerprint density at radius 3 is 2.67 bits per heavy atom. The second-order valence-corrected chi connectivity index (χ2v) is 5.25. The van der Waals surface area contributed by atoms with Gasteiger partial charge in [0.1, 0.15) is 12.1 Å². The quantitative estimate of drug-likeness (QED) is 0.794. The first-order chi connectivity index (χ1) is 7.43. The van der Waals surface area contributed by atoms with Crippen molar-refractivity contribution in [2.75, 3.05) is 5.32 Å². The maximum Gasteiger partial charge on any atom is 0.129 e. The van der Waals surface area contributed by atoms with Crippen molar-refractivity contribution in [2.24, 2.45) is 23.7 Å². The lowest BCUT2D eigenvalue weighted by molar-refractivity contribution is 0.456. The third-order valence-corrected chi connectivity index (χ3v) is 4.63. The van der Waals surface area contributed by atoms with Gasteiger partial charge in [-0.1, -0.05) is 0 Å². The number of anilines is 1. The van der Waals surface area contributed by atoms with Crippen molar-refractivity contribution in [3.63, 3.8) is 0 Å². The number of nitrogens with zero attached hydrogens (tertiary/aromatic N) is 2. The van der Waals surface area contributed by atoms with Crippen molar-refractivity contribution >= 4 is 5.82 Å². The lowest BCUT2D eigenvalue weighted by atomic mass is 10.0. The van der Waals surface area contributed by atoms with Crippen LogP contribution in [-0.2, 0) is 0 Å². The first-order valence-electron chi connectivity index (χ1n) is 5.96. The van der Waals surface area contributed by atoms with E-state index in [0.717, 1.165) is 35.5 Å². The van der Waals surface area contributed by atoms with E-state index < -0.39 is 0 Å². The average molecular weight is 201 g/mol. The minimum atomic E-state index is 0.728. The Bertz CT molecular complexity index is 362. The molecule has 0 radical (unpaired) electrons. The predicted molar refractivity (Wildman–Crippen MR) is 57.3 cm³/mol. The molecule has 3 fully saturated rings. The van der Waals surface area contributed by atoms with Crippen molar-refractivity contribution in [1.29, 1.82) is 0 Å². The molecule has 4 atom stereocenters. The van der Waals surface area contributed by atoms with Crippen LogP contribution in [-0.4, -0.2) is 16.0 Å². The van der Waals surface area contributed by atoms with E-state index >= 15 is 0 Å². The molecule has 3 aliphatic rings. The molecule has 78 valence electrons. The molecule has 0 aromatic carbocycles. The first-order valence-corrected chi connectivity index (χ1v) is 5.96. The first kappa shape index (κ1) is 8.08. The van der Waals surface area contributed by atoms with Crippen LogP contribution in [0.1, 0.15) is 19.3 Å². The number of hydrogen-bond donors (Lipinski definition) is 1. The van der Waals surface area contributed by atoms with Crippen molar-refractivity contribution in [3.8, 4) is 0 Å². The Balaban J connectivity index is 1.50. The normalized spacial score (nSPS) is 45.2. The zero-order valence-corrected chi connectivity index (χ0v) is 8.63. The van der Waals surface area contributed by atoms with E-state index in [9.17, 15) is 0 Å². The molecule has 3 nitrogen and oxygen atoms in total. The molecule has 15 heavy (non-hydrogen) atoms. The minimum absolute atomic E-state index is 0.728. The molecule has 1 heterocycles. The van der Waals surface area contributed by atoms with Crippen LogP contribution in [0.25, 0.3) is 0 Å². The molecule has 0 saturated heterocycles. The van der Waals surface area contributed by atoms with Gasteiger partial charge < -0.3 is 5.32 Å². The molecular formula is C12H15N3. The zero-order chi connectivity index (χ0) is 9.83. The molecule has 3 aliphatic carbocycles. The van der Waals surface area contributed by atoms with Gasteiger partial charge in [0.2, 0.25) is 0 Å². The second kappa shape index (κ2) is 2.71. The Morgan fingerprint density at radius 1 is 1.20 bits per heavy atom. The van der Waals surface area contributed by atoms with E-state index in [1.54, 1.807) is 6.33 Å². The molecule has 0 spiro atoms. The molecule has 3 saturated carbocycles. The molecular weight excluding hydrogens is 186 g/mol. The molecule has 1 aromatic rings. The van der Waals surface area contributed by atoms with Crippen molar-refractivity contribution < 1.29 is 0 Å². The van der Waals surface area contributed by atoms with Crippen LogP contribution < -0.4 is 5.32 Å². The van der Waals surface area contributed by atoms with Crippen molar-refractivity contribution in [2.45, 2.75) is 25.3 Å². The van der Waals surface area contributed by atoms with Gasteiger partial charge in [-0.05, 0) is 49.0 Å². The topological polar surface area (TPSA) is 37.8 Å². The Hall–Kier alpha value is -1.12. The van der Waals surface area contributed by atoms with E-state index in [0.29, 0.717) is 0 Å². The molecule has 4 unspecified atom stereocenters. The SMILES string of the molecule is c1cc(NC2C3C4CCC(C4)C23)ncn1. The maximum absolute atomic E-state index is 4.23. The Labute approximate surface area is 89.3 Å². The summed E-state index contributed by atoms with van der Waals surface area (Å²) in [7, 11) is 0. The standard InChI is InChI=1S/C12H15N3/c1-2-8-5-7(1)10-11(8)12(10)15-9-3-4-13-6-14-9/h3-4,6-8,10-12H,1-2,5H2,(H,13,14,15). The number of hydrogen-bond acceptors (Lipinski definition) is 3. The van der Waals surface area contributed by atoms with Crippen LogP contribution in [0.4, 0.5) is 5.82 Å². The van der Waals surface area contributed by atoms with Crippen LogP contribution >= 0.6 is 0 Å². The Kier molecular flexibility index (Phi) is 1.46. The molecule has 1 N–H and O–H groups in total. The minimum Gasteiger partial charge on any atom is -0.367 e. The van der Waals surface area contributed by atoms with Crippen LogP contribution in [0.5, 0.6) is 0 Å². The number of aromatic nitrogens is 2. The van der Waals surface area contributed by atoms with Crippen LogP contribution in [0.2, 0.25) is 0 Å². The zero-order valence-electron chi connectivity index (χ0n) is 8.63. The van der Waals surface area contributed by atoms with Crippen LogP contribution in [0.3, 0.4) is 0 Å². The highest BCUT2D eigenvalue weighted by molar-refractivity contribution is 5.38. The summed E-state index contributed by atoms with van der Waals surface area (Å²) in [6.07, 6.45) is 7.90. The summed E-state index contributed by atoms with van der Waals surface area (Å²) in [4.78, 5) is 8.17. The highest BCUT2D eigenvalue weighted by Gasteiger charge is 2.65. The van der Waals surface area contributed by atoms with Gasteiger partial charge in [0, 0.05) is 12.2 Å². The summed E-state index contributed by atoms with van der Waals surface area (Å²) < 4.78 is 0. The second-order valence-electron chi connectivity index (χ2n) is 5.25. The van der Waals surface area contributed by atoms with Gasteiger partial charge >= 0.3 is 0 Å². The molecule has 0 amide bonds. The predicted octanol–water partition coefficient (Wildman–Crippen LogP) is 1.93. The van der Waals surface area contributed by atoms with Gasteiger partial charge in [-0.2, -0.15) is 0 Å². The Morgan fingerprint density at radius 2 is 2.00 bits per heavy atom.